The standard InChI is InChI=1S/C16H29N3O4/c1-11(2)10-23-16(12(8-17)13(16)9-20)18-7-6-15(3,4)19-14(21)22-5/h8-9,11-13,17-18H,6-7,10H2,1-5H3,(H,19,21)/p+1. The molecule has 1 aliphatic rings. The number of hydrogen-bond acceptors (Lipinski definition) is 5. The Kier molecular flexibility index (Phi) is 6.70. The summed E-state index contributed by atoms with van der Waals surface area (Å²) in [5, 5.41) is 11.7. The summed E-state index contributed by atoms with van der Waals surface area (Å²) in [7, 11) is 1.33. The fraction of sp³-hybridized carbons (Fsp3) is 0.812. The number of nitrogens with one attached hydrogen (secondary N) is 2. The fourth-order valence-corrected chi connectivity index (χ4v) is 2.61. The first-order valence-corrected chi connectivity index (χ1v) is 7.98. The summed E-state index contributed by atoms with van der Waals surface area (Å²) < 4.78 is 10.6. The van der Waals surface area contributed by atoms with Crippen LogP contribution in [0.5, 0.6) is 0 Å². The van der Waals surface area contributed by atoms with Gasteiger partial charge in [-0.15, -0.1) is 0 Å². The van der Waals surface area contributed by atoms with E-state index in [1.54, 1.807) is 0 Å². The molecule has 0 aromatic rings. The molecule has 0 bridgehead atoms. The van der Waals surface area contributed by atoms with Crippen molar-refractivity contribution >= 4 is 18.6 Å². The summed E-state index contributed by atoms with van der Waals surface area (Å²) in [6, 6.07) is 0. The van der Waals surface area contributed by atoms with Crippen LogP contribution in [0.25, 0.3) is 0 Å². The number of ether oxygens (including phenoxy) is 2. The summed E-state index contributed by atoms with van der Waals surface area (Å²) >= 11 is 0. The third-order valence-corrected chi connectivity index (χ3v) is 4.05. The van der Waals surface area contributed by atoms with Crippen molar-refractivity contribution in [1.82, 2.24) is 10.6 Å². The molecular weight excluding hydrogens is 298 g/mol. The largest absolute Gasteiger partial charge is 0.453 e. The number of rotatable bonds is 10. The van der Waals surface area contributed by atoms with E-state index in [9.17, 15) is 9.59 Å². The number of methoxy groups -OCH3 is 1. The maximum absolute atomic E-state index is 11.3. The maximum Gasteiger partial charge on any atom is 0.407 e. The smallest absolute Gasteiger partial charge is 0.407 e. The Labute approximate surface area is 138 Å². The van der Waals surface area contributed by atoms with Crippen molar-refractivity contribution in [2.24, 2.45) is 17.8 Å². The van der Waals surface area contributed by atoms with Crippen LogP contribution in [0.3, 0.4) is 0 Å². The number of hydrogen-bond donors (Lipinski definition) is 3. The van der Waals surface area contributed by atoms with Gasteiger partial charge < -0.3 is 19.6 Å². The van der Waals surface area contributed by atoms with E-state index in [0.717, 1.165) is 6.29 Å². The molecule has 1 amide bonds. The molecule has 0 saturated heterocycles. The predicted octanol–water partition coefficient (Wildman–Crippen LogP) is -0.256. The molecule has 3 unspecified atom stereocenters. The molecule has 0 aliphatic heterocycles. The fourth-order valence-electron chi connectivity index (χ4n) is 2.61. The minimum absolute atomic E-state index is 0.129. The number of alkyl carbamates (subject to hydrolysis) is 1. The van der Waals surface area contributed by atoms with E-state index in [1.807, 2.05) is 13.8 Å². The van der Waals surface area contributed by atoms with E-state index in [0.29, 0.717) is 25.5 Å². The Morgan fingerprint density at radius 3 is 2.48 bits per heavy atom. The van der Waals surface area contributed by atoms with Gasteiger partial charge in [-0.05, 0) is 26.2 Å². The molecule has 0 aromatic heterocycles. The van der Waals surface area contributed by atoms with Crippen LogP contribution in [0.15, 0.2) is 0 Å². The van der Waals surface area contributed by atoms with E-state index in [-0.39, 0.29) is 11.8 Å². The van der Waals surface area contributed by atoms with Gasteiger partial charge in [-0.3, -0.25) is 10.7 Å². The highest BCUT2D eigenvalue weighted by molar-refractivity contribution is 5.76. The monoisotopic (exact) mass is 328 g/mol. The maximum atomic E-state index is 11.3. The van der Waals surface area contributed by atoms with Crippen LogP contribution in [0, 0.1) is 17.8 Å². The van der Waals surface area contributed by atoms with Gasteiger partial charge in [0, 0.05) is 12.1 Å². The average Bonchev–Trinajstić information content (AvgIpc) is 3.10. The summed E-state index contributed by atoms with van der Waals surface area (Å²) in [6.45, 7) is 9.04. The minimum atomic E-state index is -0.720. The lowest BCUT2D eigenvalue weighted by Gasteiger charge is -2.28. The highest BCUT2D eigenvalue weighted by Crippen LogP contribution is 2.48. The molecule has 23 heavy (non-hydrogen) atoms. The van der Waals surface area contributed by atoms with Crippen LogP contribution in [-0.4, -0.2) is 50.1 Å². The van der Waals surface area contributed by atoms with Crippen molar-refractivity contribution in [2.75, 3.05) is 20.3 Å². The Morgan fingerprint density at radius 1 is 1.39 bits per heavy atom. The second-order valence-electron chi connectivity index (χ2n) is 7.06. The third kappa shape index (κ3) is 5.00. The molecule has 132 valence electrons. The second kappa shape index (κ2) is 7.88. The molecule has 1 fully saturated rings. The first-order valence-electron chi connectivity index (χ1n) is 7.98. The highest BCUT2D eigenvalue weighted by atomic mass is 16.5. The Morgan fingerprint density at radius 2 is 2.04 bits per heavy atom. The molecule has 0 aromatic carbocycles. The summed E-state index contributed by atoms with van der Waals surface area (Å²) in [5.41, 5.74) is -1.16. The van der Waals surface area contributed by atoms with Crippen molar-refractivity contribution < 1.29 is 24.5 Å². The van der Waals surface area contributed by atoms with Crippen molar-refractivity contribution in [3.8, 4) is 0 Å². The lowest BCUT2D eigenvalue weighted by Crippen LogP contribution is -2.48. The van der Waals surface area contributed by atoms with E-state index < -0.39 is 17.4 Å². The van der Waals surface area contributed by atoms with Gasteiger partial charge in [-0.25, -0.2) is 4.79 Å². The number of carbonyl (C=O) groups is 2. The van der Waals surface area contributed by atoms with Gasteiger partial charge in [-0.1, -0.05) is 13.8 Å². The molecule has 1 aliphatic carbocycles. The van der Waals surface area contributed by atoms with Crippen LogP contribution < -0.4 is 16.0 Å². The Balaban J connectivity index is 2.61. The van der Waals surface area contributed by atoms with Crippen molar-refractivity contribution in [3.05, 3.63) is 0 Å². The topological polar surface area (TPSA) is 102 Å². The lowest BCUT2D eigenvalue weighted by atomic mass is 10.0. The summed E-state index contributed by atoms with van der Waals surface area (Å²) in [5.74, 6) is -0.0456. The Bertz CT molecular complexity index is 423. The SMILES string of the molecule is COC(=O)NC(C)(C)CCNC1(OCC(C)C)C(C=[NH2+])C1C=O. The molecule has 3 atom stereocenters. The third-order valence-electron chi connectivity index (χ3n) is 4.05. The van der Waals surface area contributed by atoms with Crippen molar-refractivity contribution in [3.63, 3.8) is 0 Å². The van der Waals surface area contributed by atoms with Crippen LogP contribution in [-0.2, 0) is 14.3 Å². The van der Waals surface area contributed by atoms with Crippen molar-refractivity contribution in [2.45, 2.75) is 45.4 Å². The lowest BCUT2D eigenvalue weighted by molar-refractivity contribution is -0.112. The average molecular weight is 328 g/mol. The van der Waals surface area contributed by atoms with Crippen LogP contribution in [0.4, 0.5) is 4.79 Å². The van der Waals surface area contributed by atoms with Gasteiger partial charge in [0.25, 0.3) is 0 Å². The molecule has 1 rings (SSSR count). The highest BCUT2D eigenvalue weighted by Gasteiger charge is 2.67. The summed E-state index contributed by atoms with van der Waals surface area (Å²) in [4.78, 5) is 22.6. The van der Waals surface area contributed by atoms with Gasteiger partial charge in [0.1, 0.15) is 18.2 Å². The van der Waals surface area contributed by atoms with Gasteiger partial charge >= 0.3 is 6.09 Å². The first-order chi connectivity index (χ1) is 10.7. The second-order valence-corrected chi connectivity index (χ2v) is 7.06. The molecular formula is C16H30N3O4+. The first kappa shape index (κ1) is 19.6. The number of aldehydes is 1. The zero-order valence-electron chi connectivity index (χ0n) is 14.7. The zero-order chi connectivity index (χ0) is 17.7. The van der Waals surface area contributed by atoms with E-state index in [2.05, 4.69) is 29.2 Å². The molecule has 1 saturated carbocycles. The normalized spacial score (nSPS) is 26.7. The number of carbonyl (C=O) groups excluding carboxylic acids is 2. The summed E-state index contributed by atoms with van der Waals surface area (Å²) in [6.07, 6.45) is 2.59. The molecule has 7 nitrogen and oxygen atoms in total. The molecule has 0 radical (unpaired) electrons. The predicted molar refractivity (Wildman–Crippen MR) is 86.8 cm³/mol. The van der Waals surface area contributed by atoms with Gasteiger partial charge in [0.05, 0.1) is 25.6 Å². The molecule has 0 heterocycles. The number of amides is 1. The number of nitrogens with two attached hydrogens (primary N) is 1. The Hall–Kier alpha value is -1.47. The van der Waals surface area contributed by atoms with E-state index in [4.69, 9.17) is 10.1 Å². The molecule has 4 N–H and O–H groups in total. The van der Waals surface area contributed by atoms with Crippen molar-refractivity contribution in [1.29, 1.82) is 0 Å². The van der Waals surface area contributed by atoms with Crippen LogP contribution in [0.2, 0.25) is 0 Å². The quantitative estimate of drug-likeness (QED) is 0.291. The van der Waals surface area contributed by atoms with Crippen LogP contribution >= 0.6 is 0 Å². The minimum Gasteiger partial charge on any atom is -0.453 e. The van der Waals surface area contributed by atoms with Gasteiger partial charge in [0.2, 0.25) is 0 Å². The molecule has 7 heteroatoms. The van der Waals surface area contributed by atoms with E-state index in [1.165, 1.54) is 13.3 Å². The van der Waals surface area contributed by atoms with Gasteiger partial charge in [-0.2, -0.15) is 0 Å². The van der Waals surface area contributed by atoms with E-state index >= 15 is 0 Å². The van der Waals surface area contributed by atoms with Gasteiger partial charge in [0.15, 0.2) is 0 Å². The zero-order valence-corrected chi connectivity index (χ0v) is 14.7. The molecule has 0 spiro atoms. The van der Waals surface area contributed by atoms with Crippen LogP contribution in [0.1, 0.15) is 34.1 Å².